The van der Waals surface area contributed by atoms with Gasteiger partial charge in [0, 0.05) is 11.7 Å². The van der Waals surface area contributed by atoms with Crippen LogP contribution in [-0.2, 0) is 21.2 Å². The summed E-state index contributed by atoms with van der Waals surface area (Å²) in [6.45, 7) is 0. The van der Waals surface area contributed by atoms with E-state index in [-0.39, 0.29) is 23.0 Å². The first-order valence-corrected chi connectivity index (χ1v) is 9.60. The zero-order chi connectivity index (χ0) is 18.7. The zero-order valence-corrected chi connectivity index (χ0v) is 15.0. The second kappa shape index (κ2) is 7.33. The van der Waals surface area contributed by atoms with Gasteiger partial charge in [-0.15, -0.1) is 0 Å². The number of amides is 1. The Morgan fingerprint density at radius 1 is 1.19 bits per heavy atom. The van der Waals surface area contributed by atoms with Crippen LogP contribution in [0.15, 0.2) is 47.4 Å². The number of ether oxygens (including phenoxy) is 1. The van der Waals surface area contributed by atoms with Crippen molar-refractivity contribution in [3.05, 3.63) is 53.8 Å². The van der Waals surface area contributed by atoms with Crippen molar-refractivity contribution in [2.75, 3.05) is 11.8 Å². The van der Waals surface area contributed by atoms with Crippen LogP contribution in [0.1, 0.15) is 18.4 Å². The van der Waals surface area contributed by atoms with E-state index in [1.807, 2.05) is 0 Å². The van der Waals surface area contributed by atoms with E-state index in [0.717, 1.165) is 24.5 Å². The summed E-state index contributed by atoms with van der Waals surface area (Å²) < 4.78 is 45.6. The summed E-state index contributed by atoms with van der Waals surface area (Å²) in [6.07, 6.45) is 2.30. The van der Waals surface area contributed by atoms with Gasteiger partial charge in [-0.05, 0) is 48.7 Å². The number of rotatable bonds is 7. The maximum atomic E-state index is 13.7. The number of carbonyl (C=O) groups excluding carboxylic acids is 1. The van der Waals surface area contributed by atoms with Gasteiger partial charge in [0.1, 0.15) is 0 Å². The van der Waals surface area contributed by atoms with E-state index in [1.165, 1.54) is 19.2 Å². The summed E-state index contributed by atoms with van der Waals surface area (Å²) in [5, 5.41) is 2.90. The molecule has 0 spiro atoms. The van der Waals surface area contributed by atoms with Crippen molar-refractivity contribution in [3.8, 4) is 5.75 Å². The van der Waals surface area contributed by atoms with Crippen LogP contribution in [0.5, 0.6) is 5.75 Å². The van der Waals surface area contributed by atoms with E-state index < -0.39 is 15.8 Å². The van der Waals surface area contributed by atoms with Crippen LogP contribution in [0, 0.1) is 5.82 Å². The molecule has 6 nitrogen and oxygen atoms in total. The van der Waals surface area contributed by atoms with Gasteiger partial charge >= 0.3 is 0 Å². The molecule has 2 aromatic rings. The Morgan fingerprint density at radius 2 is 1.88 bits per heavy atom. The molecular weight excluding hydrogens is 359 g/mol. The van der Waals surface area contributed by atoms with Crippen molar-refractivity contribution in [2.45, 2.75) is 30.2 Å². The van der Waals surface area contributed by atoms with Gasteiger partial charge in [0.05, 0.1) is 18.4 Å². The minimum Gasteiger partial charge on any atom is -0.494 e. The number of anilines is 1. The monoisotopic (exact) mass is 378 g/mol. The highest BCUT2D eigenvalue weighted by Crippen LogP contribution is 2.23. The highest BCUT2D eigenvalue weighted by Gasteiger charge is 2.23. The molecule has 0 aromatic heterocycles. The molecule has 138 valence electrons. The van der Waals surface area contributed by atoms with Crippen molar-refractivity contribution in [1.29, 1.82) is 0 Å². The number of methoxy groups -OCH3 is 1. The maximum Gasteiger partial charge on any atom is 0.262 e. The van der Waals surface area contributed by atoms with E-state index in [4.69, 9.17) is 4.74 Å². The summed E-state index contributed by atoms with van der Waals surface area (Å²) in [5.41, 5.74) is 1.11. The quantitative estimate of drug-likeness (QED) is 0.775. The van der Waals surface area contributed by atoms with Gasteiger partial charge in [-0.1, -0.05) is 12.1 Å². The average Bonchev–Trinajstić information content (AvgIpc) is 3.40. The lowest BCUT2D eigenvalue weighted by molar-refractivity contribution is -0.120. The van der Waals surface area contributed by atoms with Crippen LogP contribution in [0.2, 0.25) is 0 Å². The molecule has 1 aliphatic carbocycles. The van der Waals surface area contributed by atoms with Gasteiger partial charge in [-0.3, -0.25) is 9.52 Å². The largest absolute Gasteiger partial charge is 0.494 e. The molecule has 0 atom stereocenters. The Kier molecular flexibility index (Phi) is 5.13. The normalized spacial score (nSPS) is 13.9. The molecule has 1 amide bonds. The molecule has 0 radical (unpaired) electrons. The molecule has 3 rings (SSSR count). The highest BCUT2D eigenvalue weighted by atomic mass is 32.2. The van der Waals surface area contributed by atoms with Crippen molar-refractivity contribution >= 4 is 21.6 Å². The number of nitrogens with one attached hydrogen (secondary N) is 2. The smallest absolute Gasteiger partial charge is 0.262 e. The molecular formula is C18H19FN2O4S. The molecule has 8 heteroatoms. The van der Waals surface area contributed by atoms with Crippen molar-refractivity contribution in [1.82, 2.24) is 5.32 Å². The van der Waals surface area contributed by atoms with Gasteiger partial charge < -0.3 is 10.1 Å². The number of benzene rings is 2. The van der Waals surface area contributed by atoms with Crippen LogP contribution in [-0.4, -0.2) is 27.5 Å². The van der Waals surface area contributed by atoms with Crippen molar-refractivity contribution < 1.29 is 22.3 Å². The number of carbonyl (C=O) groups is 1. The lowest BCUT2D eigenvalue weighted by atomic mass is 10.1. The lowest BCUT2D eigenvalue weighted by Crippen LogP contribution is -2.26. The first kappa shape index (κ1) is 18.2. The Morgan fingerprint density at radius 3 is 2.46 bits per heavy atom. The van der Waals surface area contributed by atoms with E-state index in [0.29, 0.717) is 11.7 Å². The predicted molar refractivity (Wildman–Crippen MR) is 95.1 cm³/mol. The van der Waals surface area contributed by atoms with Crippen LogP contribution in [0.3, 0.4) is 0 Å². The first-order chi connectivity index (χ1) is 12.4. The van der Waals surface area contributed by atoms with Crippen molar-refractivity contribution in [3.63, 3.8) is 0 Å². The third kappa shape index (κ3) is 4.51. The fraction of sp³-hybridized carbons (Fsp3) is 0.278. The van der Waals surface area contributed by atoms with E-state index in [2.05, 4.69) is 10.0 Å². The summed E-state index contributed by atoms with van der Waals surface area (Å²) in [6, 6.07) is 10.2. The lowest BCUT2D eigenvalue weighted by Gasteiger charge is -2.10. The maximum absolute atomic E-state index is 13.7. The summed E-state index contributed by atoms with van der Waals surface area (Å²) >= 11 is 0. The van der Waals surface area contributed by atoms with Crippen LogP contribution < -0.4 is 14.8 Å². The molecule has 0 aliphatic heterocycles. The molecule has 1 fully saturated rings. The standard InChI is InChI=1S/C18H19FN2O4S/c1-25-17-9-8-15(11-16(17)19)26(23,24)21-14-4-2-12(3-5-14)10-18(22)20-13-6-7-13/h2-5,8-9,11,13,21H,6-7,10H2,1H3,(H,20,22). The van der Waals surface area contributed by atoms with Gasteiger partial charge in [-0.25, -0.2) is 12.8 Å². The second-order valence-electron chi connectivity index (χ2n) is 6.12. The summed E-state index contributed by atoms with van der Waals surface area (Å²) in [7, 11) is -2.63. The van der Waals surface area contributed by atoms with Crippen LogP contribution >= 0.6 is 0 Å². The molecule has 26 heavy (non-hydrogen) atoms. The fourth-order valence-electron chi connectivity index (χ4n) is 2.41. The fourth-order valence-corrected chi connectivity index (χ4v) is 3.48. The van der Waals surface area contributed by atoms with E-state index >= 15 is 0 Å². The number of hydrogen-bond donors (Lipinski definition) is 2. The molecule has 1 aliphatic rings. The number of sulfonamides is 1. The molecule has 0 saturated heterocycles. The zero-order valence-electron chi connectivity index (χ0n) is 14.2. The van der Waals surface area contributed by atoms with Gasteiger partial charge in [0.2, 0.25) is 5.91 Å². The molecule has 2 aromatic carbocycles. The van der Waals surface area contributed by atoms with E-state index in [1.54, 1.807) is 24.3 Å². The van der Waals surface area contributed by atoms with Crippen molar-refractivity contribution in [2.24, 2.45) is 0 Å². The highest BCUT2D eigenvalue weighted by molar-refractivity contribution is 7.92. The number of hydrogen-bond acceptors (Lipinski definition) is 4. The summed E-state index contributed by atoms with van der Waals surface area (Å²) in [4.78, 5) is 11.6. The Hall–Kier alpha value is -2.61. The Bertz CT molecular complexity index is 909. The average molecular weight is 378 g/mol. The Balaban J connectivity index is 1.67. The van der Waals surface area contributed by atoms with Gasteiger partial charge in [0.15, 0.2) is 11.6 Å². The first-order valence-electron chi connectivity index (χ1n) is 8.12. The minimum absolute atomic E-state index is 0.0298. The molecule has 0 unspecified atom stereocenters. The third-order valence-electron chi connectivity index (χ3n) is 3.95. The molecule has 0 bridgehead atoms. The molecule has 2 N–H and O–H groups in total. The van der Waals surface area contributed by atoms with Gasteiger partial charge in [0.25, 0.3) is 10.0 Å². The minimum atomic E-state index is -3.93. The SMILES string of the molecule is COc1ccc(S(=O)(=O)Nc2ccc(CC(=O)NC3CC3)cc2)cc1F. The topological polar surface area (TPSA) is 84.5 Å². The summed E-state index contributed by atoms with van der Waals surface area (Å²) in [5.74, 6) is -0.834. The number of halogens is 1. The van der Waals surface area contributed by atoms with Gasteiger partial charge in [-0.2, -0.15) is 0 Å². The predicted octanol–water partition coefficient (Wildman–Crippen LogP) is 2.46. The second-order valence-corrected chi connectivity index (χ2v) is 7.80. The van der Waals surface area contributed by atoms with Crippen LogP contribution in [0.25, 0.3) is 0 Å². The van der Waals surface area contributed by atoms with E-state index in [9.17, 15) is 17.6 Å². The van der Waals surface area contributed by atoms with Crippen LogP contribution in [0.4, 0.5) is 10.1 Å². The third-order valence-corrected chi connectivity index (χ3v) is 5.33. The molecule has 1 saturated carbocycles. The molecule has 0 heterocycles. The Labute approximate surface area is 151 Å².